The highest BCUT2D eigenvalue weighted by Gasteiger charge is 2.59. The molecule has 21 fully saturated rings. The van der Waals surface area contributed by atoms with Gasteiger partial charge in [0, 0.05) is 0 Å². The number of hydrogen-bond acceptors (Lipinski definition) is 35. The molecule has 35 atom stereocenters. The lowest BCUT2D eigenvalue weighted by Crippen LogP contribution is -2.68. The molecule has 21 N–H and O–H groups in total. The molecule has 0 radical (unpaired) electrons. The van der Waals surface area contributed by atoms with Crippen LogP contribution in [0.4, 0.5) is 0 Å². The molecule has 21 rings (SSSR count). The second-order valence-electron chi connectivity index (χ2n) is 19.7. The first-order valence-electron chi connectivity index (χ1n) is 24.6. The van der Waals surface area contributed by atoms with Gasteiger partial charge in [0.15, 0.2) is 44.0 Å². The van der Waals surface area contributed by atoms with E-state index < -0.39 is 261 Å². The van der Waals surface area contributed by atoms with E-state index in [-0.39, 0.29) is 0 Å². The molecule has 7 unspecified atom stereocenters. The van der Waals surface area contributed by atoms with Crippen molar-refractivity contribution >= 4 is 0 Å². The molecule has 21 aliphatic rings. The SMILES string of the molecule is OCC1O[C@@H]2O[C@@H]3C(CO)O[C@H](O[C@@H]4C(CO)O[C@H](O[C@@H]5C(CO)O[C@H](O[C@@H]6C(CO)O[C@H](O[C@@H]7C(CO)O[C@H](O[C@@H]8C(CO)O[C@H](O[C@H]1[C@H](O)[C@H]2O)[C@H](O)[C@H]8O)[C@H](O)[C@H]7O)[C@H](O)[C@H]6O)[C@H](O)[C@H]5O)[C@H](O)[C@H]4O)[C@H](O)[C@H]3O. The van der Waals surface area contributed by atoms with Crippen molar-refractivity contribution in [1.29, 1.82) is 0 Å². The molecule has 21 heterocycles. The Balaban J connectivity index is 1.08. The zero-order valence-electron chi connectivity index (χ0n) is 40.3. The van der Waals surface area contributed by atoms with Gasteiger partial charge in [-0.3, -0.25) is 0 Å². The standard InChI is InChI=1S/C42H70O35/c43-1-8-29-15(50)22(57)36(64-8)72-30-9(2-44)66-38(24(59)17(30)52)74-32-11(4-46)68-40(26(61)19(32)54)76-34-13(6-48)70-42(28(63)21(34)56)77-35-14(7-49)69-41(27(62)20(35)55)75-33-12(5-47)67-39(25(60)18(33)53)73-31-10(3-45)65-37(71-29)23(58)16(31)51/h8-63H,1-7H2/t8?,9?,10?,11?,12?,13?,14?,15-,16-,17-,18-,19-,20-,21-,22-,23-,24-,25-,26-,27-,28-,29-,30-,31-,32-,33-,34-,35-,36-,37-,38-,39-,40-,41-,42-/m1/s1. The average Bonchev–Trinajstić information content (AvgIpc) is 3.47. The summed E-state index contributed by atoms with van der Waals surface area (Å²) in [5.74, 6) is 0. The summed E-state index contributed by atoms with van der Waals surface area (Å²) in [6.45, 7) is -7.33. The summed E-state index contributed by atoms with van der Waals surface area (Å²) in [6.07, 6.45) is -70.2. The van der Waals surface area contributed by atoms with Crippen molar-refractivity contribution in [1.82, 2.24) is 0 Å². The Labute approximate surface area is 434 Å². The molecule has 0 saturated carbocycles. The van der Waals surface area contributed by atoms with Gasteiger partial charge in [0.25, 0.3) is 0 Å². The van der Waals surface area contributed by atoms with Gasteiger partial charge in [-0.15, -0.1) is 0 Å². The van der Waals surface area contributed by atoms with Gasteiger partial charge in [0.1, 0.15) is 171 Å². The first-order chi connectivity index (χ1) is 36.7. The maximum absolute atomic E-state index is 11.3. The van der Waals surface area contributed by atoms with Gasteiger partial charge in [0.2, 0.25) is 0 Å². The fourth-order valence-electron chi connectivity index (χ4n) is 10.4. The minimum atomic E-state index is -2.21. The molecule has 21 aliphatic heterocycles. The summed E-state index contributed by atoms with van der Waals surface area (Å²) >= 11 is 0. The minimum absolute atomic E-state index is 1.05. The van der Waals surface area contributed by atoms with E-state index in [0.29, 0.717) is 0 Å². The summed E-state index contributed by atoms with van der Waals surface area (Å²) in [5.41, 5.74) is 0. The summed E-state index contributed by atoms with van der Waals surface area (Å²) in [7, 11) is 0. The smallest absolute Gasteiger partial charge is 0.187 e. The Morgan fingerprint density at radius 1 is 0.156 bits per heavy atom. The van der Waals surface area contributed by atoms with E-state index in [2.05, 4.69) is 0 Å². The van der Waals surface area contributed by atoms with Crippen molar-refractivity contribution < 1.29 is 174 Å². The fraction of sp³-hybridized carbons (Fsp3) is 1.00. The fourth-order valence-corrected chi connectivity index (χ4v) is 10.4. The van der Waals surface area contributed by atoms with Crippen molar-refractivity contribution in [3.8, 4) is 0 Å². The summed E-state index contributed by atoms with van der Waals surface area (Å²) in [5, 5.41) is 230. The van der Waals surface area contributed by atoms with Crippen LogP contribution in [0.2, 0.25) is 0 Å². The van der Waals surface area contributed by atoms with Gasteiger partial charge in [-0.1, -0.05) is 0 Å². The van der Waals surface area contributed by atoms with Crippen LogP contribution in [-0.2, 0) is 66.3 Å². The number of hydrogen-bond donors (Lipinski definition) is 21. The van der Waals surface area contributed by atoms with Gasteiger partial charge in [-0.05, 0) is 0 Å². The van der Waals surface area contributed by atoms with Gasteiger partial charge >= 0.3 is 0 Å². The third-order valence-corrected chi connectivity index (χ3v) is 14.8. The first kappa shape index (κ1) is 61.7. The summed E-state index contributed by atoms with van der Waals surface area (Å²) in [4.78, 5) is 0. The molecule has 0 aromatic carbocycles. The van der Waals surface area contributed by atoms with E-state index in [0.717, 1.165) is 0 Å². The Morgan fingerprint density at radius 3 is 0.351 bits per heavy atom. The van der Waals surface area contributed by atoms with Crippen molar-refractivity contribution in [2.75, 3.05) is 46.2 Å². The van der Waals surface area contributed by atoms with Gasteiger partial charge in [-0.25, -0.2) is 0 Å². The van der Waals surface area contributed by atoms with Crippen LogP contribution in [0.3, 0.4) is 0 Å². The van der Waals surface area contributed by atoms with Crippen molar-refractivity contribution in [2.45, 2.75) is 215 Å². The van der Waals surface area contributed by atoms with Crippen LogP contribution in [0.15, 0.2) is 0 Å². The normalized spacial score (nSPS) is 55.4. The van der Waals surface area contributed by atoms with E-state index in [4.69, 9.17) is 66.3 Å². The zero-order chi connectivity index (χ0) is 56.1. The lowest BCUT2D eigenvalue weighted by molar-refractivity contribution is -0.396. The number of aliphatic hydroxyl groups excluding tert-OH is 21. The number of ether oxygens (including phenoxy) is 14. The Hall–Kier alpha value is -1.40. The lowest BCUT2D eigenvalue weighted by Gasteiger charge is -2.50. The monoisotopic (exact) mass is 1130 g/mol. The lowest BCUT2D eigenvalue weighted by atomic mass is 9.95. The van der Waals surface area contributed by atoms with Gasteiger partial charge in [0.05, 0.1) is 46.2 Å². The minimum Gasteiger partial charge on any atom is -0.394 e. The molecule has 77 heavy (non-hydrogen) atoms. The molecule has 0 aromatic rings. The second-order valence-corrected chi connectivity index (χ2v) is 19.7. The van der Waals surface area contributed by atoms with Crippen LogP contribution in [0.25, 0.3) is 0 Å². The highest BCUT2D eigenvalue weighted by atomic mass is 16.8. The highest BCUT2D eigenvalue weighted by Crippen LogP contribution is 2.39. The Bertz CT molecular complexity index is 1470. The quantitative estimate of drug-likeness (QED) is 0.113. The molecule has 35 heteroatoms. The predicted molar refractivity (Wildman–Crippen MR) is 228 cm³/mol. The van der Waals surface area contributed by atoms with E-state index in [1.807, 2.05) is 0 Å². The topological polar surface area (TPSA) is 554 Å². The van der Waals surface area contributed by atoms with Crippen molar-refractivity contribution in [3.05, 3.63) is 0 Å². The van der Waals surface area contributed by atoms with Gasteiger partial charge in [-0.2, -0.15) is 0 Å². The molecule has 0 spiro atoms. The van der Waals surface area contributed by atoms with E-state index in [1.54, 1.807) is 0 Å². The summed E-state index contributed by atoms with van der Waals surface area (Å²) in [6, 6.07) is 0. The number of aliphatic hydroxyl groups is 21. The zero-order valence-corrected chi connectivity index (χ0v) is 40.3. The Kier molecular flexibility index (Phi) is 20.8. The van der Waals surface area contributed by atoms with Crippen LogP contribution < -0.4 is 0 Å². The summed E-state index contributed by atoms with van der Waals surface area (Å²) < 4.78 is 79.5. The maximum atomic E-state index is 11.3. The van der Waals surface area contributed by atoms with E-state index in [9.17, 15) is 107 Å². The average molecular weight is 1130 g/mol. The van der Waals surface area contributed by atoms with Crippen LogP contribution in [0.1, 0.15) is 0 Å². The van der Waals surface area contributed by atoms with Crippen molar-refractivity contribution in [2.24, 2.45) is 0 Å². The van der Waals surface area contributed by atoms with Crippen LogP contribution in [-0.4, -0.2) is 368 Å². The molecular weight excluding hydrogens is 1060 g/mol. The molecule has 0 aromatic heterocycles. The maximum Gasteiger partial charge on any atom is 0.187 e. The molecular formula is C42H70O35. The van der Waals surface area contributed by atoms with Crippen molar-refractivity contribution in [3.63, 3.8) is 0 Å². The Morgan fingerprint density at radius 2 is 0.260 bits per heavy atom. The molecule has 0 amide bonds. The molecule has 35 nitrogen and oxygen atoms in total. The van der Waals surface area contributed by atoms with E-state index >= 15 is 0 Å². The van der Waals surface area contributed by atoms with Gasteiger partial charge < -0.3 is 174 Å². The second kappa shape index (κ2) is 26.0. The molecule has 14 bridgehead atoms. The van der Waals surface area contributed by atoms with E-state index in [1.165, 1.54) is 0 Å². The predicted octanol–water partition coefficient (Wildman–Crippen LogP) is -15.2. The third kappa shape index (κ3) is 12.1. The number of rotatable bonds is 7. The highest BCUT2D eigenvalue weighted by molar-refractivity contribution is 5.01. The molecule has 21 saturated heterocycles. The molecule has 448 valence electrons. The third-order valence-electron chi connectivity index (χ3n) is 14.8. The largest absolute Gasteiger partial charge is 0.394 e. The van der Waals surface area contributed by atoms with Crippen LogP contribution in [0, 0.1) is 0 Å². The molecule has 0 aliphatic carbocycles. The van der Waals surface area contributed by atoms with Crippen LogP contribution in [0.5, 0.6) is 0 Å². The van der Waals surface area contributed by atoms with Crippen LogP contribution >= 0.6 is 0 Å². The first-order valence-corrected chi connectivity index (χ1v) is 24.6.